The molecule has 1 fully saturated rings. The summed E-state index contributed by atoms with van der Waals surface area (Å²) in [6, 6.07) is 8.19. The number of benzene rings is 1. The first-order valence-corrected chi connectivity index (χ1v) is 8.84. The van der Waals surface area contributed by atoms with Crippen molar-refractivity contribution in [2.75, 3.05) is 31.1 Å². The van der Waals surface area contributed by atoms with Gasteiger partial charge in [0.2, 0.25) is 5.91 Å². The van der Waals surface area contributed by atoms with E-state index in [0.29, 0.717) is 6.54 Å². The van der Waals surface area contributed by atoms with Crippen molar-refractivity contribution in [1.29, 1.82) is 0 Å². The van der Waals surface area contributed by atoms with E-state index in [0.717, 1.165) is 36.7 Å². The highest BCUT2D eigenvalue weighted by Gasteiger charge is 2.21. The molecule has 1 aliphatic rings. The van der Waals surface area contributed by atoms with Crippen LogP contribution in [0.1, 0.15) is 6.42 Å². The Balaban J connectivity index is 1.43. The molecule has 3 heterocycles. The molecule has 3 aromatic rings. The molecule has 0 saturated carbocycles. The van der Waals surface area contributed by atoms with Crippen molar-refractivity contribution in [1.82, 2.24) is 24.9 Å². The SMILES string of the molecule is O=C(Cn1ccnn1)N1CCCN(c2nc3ccccc3s2)CC1. The van der Waals surface area contributed by atoms with Crippen LogP contribution < -0.4 is 4.90 Å². The summed E-state index contributed by atoms with van der Waals surface area (Å²) in [4.78, 5) is 21.3. The van der Waals surface area contributed by atoms with Crippen LogP contribution in [0.4, 0.5) is 5.13 Å². The second-order valence-corrected chi connectivity index (χ2v) is 6.80. The zero-order valence-corrected chi connectivity index (χ0v) is 14.0. The number of carbonyl (C=O) groups excluding carboxylic acids is 1. The largest absolute Gasteiger partial charge is 0.346 e. The molecule has 0 N–H and O–H groups in total. The number of nitrogens with zero attached hydrogens (tertiary/aromatic N) is 6. The number of para-hydroxylation sites is 1. The number of thiazole rings is 1. The van der Waals surface area contributed by atoms with E-state index >= 15 is 0 Å². The Kier molecular flexibility index (Phi) is 4.12. The van der Waals surface area contributed by atoms with Crippen LogP contribution in [-0.4, -0.2) is 57.0 Å². The molecule has 0 spiro atoms. The molecule has 0 bridgehead atoms. The van der Waals surface area contributed by atoms with Gasteiger partial charge < -0.3 is 9.80 Å². The Labute approximate surface area is 143 Å². The van der Waals surface area contributed by atoms with Crippen molar-refractivity contribution < 1.29 is 4.79 Å². The second kappa shape index (κ2) is 6.56. The molecule has 0 radical (unpaired) electrons. The van der Waals surface area contributed by atoms with Gasteiger partial charge in [0.1, 0.15) is 6.54 Å². The number of carbonyl (C=O) groups is 1. The van der Waals surface area contributed by atoms with Crippen molar-refractivity contribution in [3.05, 3.63) is 36.7 Å². The predicted octanol–water partition coefficient (Wildman–Crippen LogP) is 1.63. The minimum absolute atomic E-state index is 0.0895. The van der Waals surface area contributed by atoms with Gasteiger partial charge in [-0.25, -0.2) is 9.67 Å². The van der Waals surface area contributed by atoms with Crippen LogP contribution in [0.5, 0.6) is 0 Å². The number of hydrogen-bond donors (Lipinski definition) is 0. The molecule has 1 amide bonds. The summed E-state index contributed by atoms with van der Waals surface area (Å²) in [5, 5.41) is 8.64. The van der Waals surface area contributed by atoms with Crippen molar-refractivity contribution in [2.45, 2.75) is 13.0 Å². The third kappa shape index (κ3) is 3.09. The fraction of sp³-hybridized carbons (Fsp3) is 0.375. The van der Waals surface area contributed by atoms with E-state index in [1.165, 1.54) is 4.70 Å². The molecule has 0 atom stereocenters. The number of rotatable bonds is 3. The van der Waals surface area contributed by atoms with Crippen molar-refractivity contribution in [3.63, 3.8) is 0 Å². The molecule has 1 saturated heterocycles. The van der Waals surface area contributed by atoms with E-state index in [9.17, 15) is 4.79 Å². The van der Waals surface area contributed by atoms with Gasteiger partial charge in [0.15, 0.2) is 5.13 Å². The smallest absolute Gasteiger partial charge is 0.244 e. The predicted molar refractivity (Wildman–Crippen MR) is 93.1 cm³/mol. The van der Waals surface area contributed by atoms with Crippen LogP contribution in [-0.2, 0) is 11.3 Å². The van der Waals surface area contributed by atoms with Crippen LogP contribution in [0, 0.1) is 0 Å². The van der Waals surface area contributed by atoms with Crippen LogP contribution in [0.15, 0.2) is 36.7 Å². The molecule has 4 rings (SSSR count). The summed E-state index contributed by atoms with van der Waals surface area (Å²) < 4.78 is 2.77. The van der Waals surface area contributed by atoms with Crippen LogP contribution in [0.3, 0.4) is 0 Å². The normalized spacial score (nSPS) is 15.7. The summed E-state index contributed by atoms with van der Waals surface area (Å²) in [5.74, 6) is 0.0895. The van der Waals surface area contributed by atoms with Crippen LogP contribution >= 0.6 is 11.3 Å². The van der Waals surface area contributed by atoms with Crippen molar-refractivity contribution in [3.8, 4) is 0 Å². The molecule has 0 aliphatic carbocycles. The maximum atomic E-state index is 12.4. The fourth-order valence-corrected chi connectivity index (χ4v) is 3.93. The Morgan fingerprint density at radius 2 is 2.08 bits per heavy atom. The lowest BCUT2D eigenvalue weighted by atomic mass is 10.3. The maximum Gasteiger partial charge on any atom is 0.244 e. The average molecular weight is 342 g/mol. The van der Waals surface area contributed by atoms with E-state index in [1.54, 1.807) is 28.4 Å². The zero-order valence-electron chi connectivity index (χ0n) is 13.2. The molecule has 2 aromatic heterocycles. The topological polar surface area (TPSA) is 67.2 Å². The summed E-state index contributed by atoms with van der Waals surface area (Å²) in [7, 11) is 0. The third-order valence-corrected chi connectivity index (χ3v) is 5.27. The van der Waals surface area contributed by atoms with Gasteiger partial charge in [-0.3, -0.25) is 4.79 Å². The Bertz CT molecular complexity index is 797. The van der Waals surface area contributed by atoms with Gasteiger partial charge in [-0.2, -0.15) is 0 Å². The zero-order chi connectivity index (χ0) is 16.4. The fourth-order valence-electron chi connectivity index (χ4n) is 2.91. The first-order valence-electron chi connectivity index (χ1n) is 8.02. The number of amides is 1. The molecule has 1 aromatic carbocycles. The summed E-state index contributed by atoms with van der Waals surface area (Å²) >= 11 is 1.72. The van der Waals surface area contributed by atoms with Gasteiger partial charge in [0.05, 0.1) is 16.4 Å². The molecule has 124 valence electrons. The quantitative estimate of drug-likeness (QED) is 0.724. The first-order chi connectivity index (χ1) is 11.8. The summed E-state index contributed by atoms with van der Waals surface area (Å²) in [6.07, 6.45) is 4.24. The van der Waals surface area contributed by atoms with Gasteiger partial charge in [0.25, 0.3) is 0 Å². The van der Waals surface area contributed by atoms with E-state index in [-0.39, 0.29) is 12.5 Å². The highest BCUT2D eigenvalue weighted by molar-refractivity contribution is 7.22. The molecule has 8 heteroatoms. The molecule has 1 aliphatic heterocycles. The van der Waals surface area contributed by atoms with Crippen LogP contribution in [0.25, 0.3) is 10.2 Å². The Morgan fingerprint density at radius 3 is 2.92 bits per heavy atom. The highest BCUT2D eigenvalue weighted by Crippen LogP contribution is 2.29. The number of hydrogen-bond acceptors (Lipinski definition) is 6. The number of fused-ring (bicyclic) bond motifs is 1. The number of aromatic nitrogens is 4. The van der Waals surface area contributed by atoms with Gasteiger partial charge in [0, 0.05) is 32.4 Å². The minimum atomic E-state index is 0.0895. The monoisotopic (exact) mass is 342 g/mol. The van der Waals surface area contributed by atoms with Crippen molar-refractivity contribution in [2.24, 2.45) is 0 Å². The maximum absolute atomic E-state index is 12.4. The standard InChI is InChI=1S/C16H18N6OS/c23-15(12-22-9-6-17-19-22)20-7-3-8-21(11-10-20)16-18-13-4-1-2-5-14(13)24-16/h1-2,4-6,9H,3,7-8,10-12H2. The van der Waals surface area contributed by atoms with E-state index in [4.69, 9.17) is 4.98 Å². The average Bonchev–Trinajstić information content (AvgIpc) is 3.18. The lowest BCUT2D eigenvalue weighted by Crippen LogP contribution is -2.37. The first kappa shape index (κ1) is 15.1. The molecular formula is C16H18N6OS. The number of anilines is 1. The summed E-state index contributed by atoms with van der Waals surface area (Å²) in [5.41, 5.74) is 1.04. The lowest BCUT2D eigenvalue weighted by Gasteiger charge is -2.21. The Morgan fingerprint density at radius 1 is 1.17 bits per heavy atom. The highest BCUT2D eigenvalue weighted by atomic mass is 32.1. The molecule has 24 heavy (non-hydrogen) atoms. The third-order valence-electron chi connectivity index (χ3n) is 4.17. The van der Waals surface area contributed by atoms with E-state index in [1.807, 2.05) is 23.1 Å². The van der Waals surface area contributed by atoms with E-state index < -0.39 is 0 Å². The van der Waals surface area contributed by atoms with Gasteiger partial charge in [-0.05, 0) is 18.6 Å². The minimum Gasteiger partial charge on any atom is -0.346 e. The Hall–Kier alpha value is -2.48. The van der Waals surface area contributed by atoms with E-state index in [2.05, 4.69) is 21.3 Å². The van der Waals surface area contributed by atoms with Gasteiger partial charge in [-0.15, -0.1) is 5.10 Å². The van der Waals surface area contributed by atoms with Gasteiger partial charge >= 0.3 is 0 Å². The molecule has 0 unspecified atom stereocenters. The lowest BCUT2D eigenvalue weighted by molar-refractivity contribution is -0.131. The van der Waals surface area contributed by atoms with Crippen molar-refractivity contribution >= 4 is 32.6 Å². The second-order valence-electron chi connectivity index (χ2n) is 5.79. The van der Waals surface area contributed by atoms with Crippen LogP contribution in [0.2, 0.25) is 0 Å². The molecular weight excluding hydrogens is 324 g/mol. The molecule has 7 nitrogen and oxygen atoms in total. The van der Waals surface area contributed by atoms with Gasteiger partial charge in [-0.1, -0.05) is 28.7 Å². The summed E-state index contributed by atoms with van der Waals surface area (Å²) in [6.45, 7) is 3.47.